The van der Waals surface area contributed by atoms with Gasteiger partial charge in [-0.15, -0.1) is 0 Å². The van der Waals surface area contributed by atoms with Crippen molar-refractivity contribution in [3.63, 3.8) is 0 Å². The quantitative estimate of drug-likeness (QED) is 0.791. The third-order valence-corrected chi connectivity index (χ3v) is 4.06. The highest BCUT2D eigenvalue weighted by Gasteiger charge is 2.60. The Labute approximate surface area is 110 Å². The molecule has 3 amide bonds. The van der Waals surface area contributed by atoms with Gasteiger partial charge in [-0.1, -0.05) is 30.3 Å². The number of likely N-dealkylation sites (tertiary alicyclic amines) is 1. The van der Waals surface area contributed by atoms with E-state index in [9.17, 15) is 14.4 Å². The third-order valence-electron chi connectivity index (χ3n) is 4.06. The fourth-order valence-corrected chi connectivity index (χ4v) is 2.95. The summed E-state index contributed by atoms with van der Waals surface area (Å²) in [5.41, 5.74) is 6.14. The number of amides is 3. The molecule has 5 heteroatoms. The van der Waals surface area contributed by atoms with Gasteiger partial charge < -0.3 is 5.73 Å². The molecule has 2 aliphatic rings. The van der Waals surface area contributed by atoms with Gasteiger partial charge in [-0.2, -0.15) is 0 Å². The summed E-state index contributed by atoms with van der Waals surface area (Å²) in [4.78, 5) is 36.7. The van der Waals surface area contributed by atoms with E-state index in [2.05, 4.69) is 0 Å². The van der Waals surface area contributed by atoms with Gasteiger partial charge in [0, 0.05) is 0 Å². The minimum absolute atomic E-state index is 0.170. The van der Waals surface area contributed by atoms with Crippen LogP contribution in [0.25, 0.3) is 0 Å². The number of carbonyl (C=O) groups excluding carboxylic acids is 3. The molecule has 0 radical (unpaired) electrons. The molecule has 1 saturated heterocycles. The summed E-state index contributed by atoms with van der Waals surface area (Å²) in [6.07, 6.45) is 0.413. The van der Waals surface area contributed by atoms with E-state index in [4.69, 9.17) is 5.73 Å². The lowest BCUT2D eigenvalue weighted by Crippen LogP contribution is -2.46. The summed E-state index contributed by atoms with van der Waals surface area (Å²) in [6.45, 7) is 0.275. The van der Waals surface area contributed by atoms with Gasteiger partial charge in [0.2, 0.25) is 17.7 Å². The Morgan fingerprint density at radius 2 is 1.89 bits per heavy atom. The van der Waals surface area contributed by atoms with Crippen LogP contribution in [0, 0.1) is 17.8 Å². The van der Waals surface area contributed by atoms with E-state index < -0.39 is 17.7 Å². The second-order valence-electron chi connectivity index (χ2n) is 5.13. The predicted molar refractivity (Wildman–Crippen MR) is 66.3 cm³/mol. The molecule has 1 heterocycles. The molecule has 2 N–H and O–H groups in total. The fourth-order valence-electron chi connectivity index (χ4n) is 2.95. The van der Waals surface area contributed by atoms with Crippen molar-refractivity contribution in [3.05, 3.63) is 35.9 Å². The van der Waals surface area contributed by atoms with E-state index in [1.807, 2.05) is 30.3 Å². The lowest BCUT2D eigenvalue weighted by atomic mass is 9.66. The Bertz CT molecular complexity index is 555. The maximum atomic E-state index is 12.2. The number of hydrogen-bond donors (Lipinski definition) is 1. The summed E-state index contributed by atoms with van der Waals surface area (Å²) in [5, 5.41) is 0. The van der Waals surface area contributed by atoms with Crippen LogP contribution in [-0.2, 0) is 20.9 Å². The first-order chi connectivity index (χ1) is 9.09. The Morgan fingerprint density at radius 1 is 1.21 bits per heavy atom. The first-order valence-electron chi connectivity index (χ1n) is 6.28. The molecule has 3 atom stereocenters. The van der Waals surface area contributed by atoms with Crippen LogP contribution in [0.4, 0.5) is 0 Å². The molecular weight excluding hydrogens is 244 g/mol. The third kappa shape index (κ3) is 1.73. The second-order valence-corrected chi connectivity index (χ2v) is 5.13. The zero-order chi connectivity index (χ0) is 13.6. The number of imide groups is 1. The van der Waals surface area contributed by atoms with Gasteiger partial charge in [0.25, 0.3) is 0 Å². The molecule has 5 nitrogen and oxygen atoms in total. The van der Waals surface area contributed by atoms with Crippen LogP contribution >= 0.6 is 0 Å². The van der Waals surface area contributed by atoms with Crippen molar-refractivity contribution in [2.75, 3.05) is 0 Å². The summed E-state index contributed by atoms with van der Waals surface area (Å²) in [7, 11) is 0. The van der Waals surface area contributed by atoms with Gasteiger partial charge >= 0.3 is 0 Å². The summed E-state index contributed by atoms with van der Waals surface area (Å²) in [6, 6.07) is 9.34. The normalized spacial score (nSPS) is 29.1. The van der Waals surface area contributed by atoms with E-state index in [0.717, 1.165) is 5.56 Å². The molecular formula is C14H14N2O3. The highest BCUT2D eigenvalue weighted by atomic mass is 16.2. The molecule has 1 aromatic rings. The number of rotatable bonds is 3. The number of nitrogens with two attached hydrogens (primary N) is 1. The summed E-state index contributed by atoms with van der Waals surface area (Å²) < 4.78 is 0. The van der Waals surface area contributed by atoms with Gasteiger partial charge in [0.05, 0.1) is 24.3 Å². The number of nitrogens with zero attached hydrogens (tertiary/aromatic N) is 1. The smallest absolute Gasteiger partial charge is 0.234 e. The van der Waals surface area contributed by atoms with Gasteiger partial charge in [-0.3, -0.25) is 19.3 Å². The minimum Gasteiger partial charge on any atom is -0.369 e. The number of hydrogen-bond acceptors (Lipinski definition) is 3. The van der Waals surface area contributed by atoms with Gasteiger partial charge in [-0.25, -0.2) is 0 Å². The van der Waals surface area contributed by atoms with Gasteiger partial charge in [0.15, 0.2) is 0 Å². The first-order valence-corrected chi connectivity index (χ1v) is 6.28. The molecule has 1 saturated carbocycles. The molecule has 19 heavy (non-hydrogen) atoms. The van der Waals surface area contributed by atoms with E-state index in [-0.39, 0.29) is 24.3 Å². The van der Waals surface area contributed by atoms with Crippen LogP contribution in [0.15, 0.2) is 30.3 Å². The highest BCUT2D eigenvalue weighted by Crippen LogP contribution is 2.47. The zero-order valence-corrected chi connectivity index (χ0v) is 10.3. The second kappa shape index (κ2) is 4.19. The largest absolute Gasteiger partial charge is 0.369 e. The van der Waals surface area contributed by atoms with Crippen molar-refractivity contribution in [3.8, 4) is 0 Å². The molecule has 3 unspecified atom stereocenters. The number of fused-ring (bicyclic) bond motifs is 1. The number of carbonyl (C=O) groups is 3. The van der Waals surface area contributed by atoms with Gasteiger partial charge in [0.1, 0.15) is 0 Å². The van der Waals surface area contributed by atoms with Crippen LogP contribution in [0.2, 0.25) is 0 Å². The number of primary amides is 1. The molecule has 98 valence electrons. The van der Waals surface area contributed by atoms with Crippen molar-refractivity contribution in [1.82, 2.24) is 4.90 Å². The maximum Gasteiger partial charge on any atom is 0.234 e. The van der Waals surface area contributed by atoms with E-state index in [1.165, 1.54) is 4.90 Å². The Kier molecular flexibility index (Phi) is 2.62. The molecule has 1 aromatic carbocycles. The Hall–Kier alpha value is -2.17. The number of benzene rings is 1. The first kappa shape index (κ1) is 11.9. The molecule has 0 spiro atoms. The minimum atomic E-state index is -0.520. The van der Waals surface area contributed by atoms with Crippen molar-refractivity contribution in [2.24, 2.45) is 23.5 Å². The van der Waals surface area contributed by atoms with E-state index in [1.54, 1.807) is 0 Å². The Balaban J connectivity index is 1.79. The van der Waals surface area contributed by atoms with Crippen LogP contribution in [0.5, 0.6) is 0 Å². The molecule has 3 rings (SSSR count). The van der Waals surface area contributed by atoms with E-state index in [0.29, 0.717) is 6.42 Å². The Morgan fingerprint density at radius 3 is 2.53 bits per heavy atom. The molecule has 1 aliphatic carbocycles. The SMILES string of the molecule is NC(=O)C1CC2C(=O)N(Cc3ccccc3)C(=O)C12. The lowest BCUT2D eigenvalue weighted by molar-refractivity contribution is -0.142. The lowest BCUT2D eigenvalue weighted by Gasteiger charge is -2.33. The fraction of sp³-hybridized carbons (Fsp3) is 0.357. The molecule has 2 fully saturated rings. The monoisotopic (exact) mass is 258 g/mol. The van der Waals surface area contributed by atoms with Crippen LogP contribution in [0.3, 0.4) is 0 Å². The van der Waals surface area contributed by atoms with Gasteiger partial charge in [-0.05, 0) is 12.0 Å². The van der Waals surface area contributed by atoms with Crippen molar-refractivity contribution >= 4 is 17.7 Å². The highest BCUT2D eigenvalue weighted by molar-refractivity contribution is 6.08. The predicted octanol–water partition coefficient (Wildman–Crippen LogP) is 0.293. The van der Waals surface area contributed by atoms with E-state index >= 15 is 0 Å². The van der Waals surface area contributed by atoms with Crippen LogP contribution in [-0.4, -0.2) is 22.6 Å². The van der Waals surface area contributed by atoms with Crippen molar-refractivity contribution in [2.45, 2.75) is 13.0 Å². The molecule has 0 bridgehead atoms. The summed E-state index contributed by atoms with van der Waals surface area (Å²) in [5.74, 6) is -2.24. The standard InChI is InChI=1S/C14H14N2O3/c15-12(17)9-6-10-11(9)14(19)16(13(10)18)7-8-4-2-1-3-5-8/h1-5,9-11H,6-7H2,(H2,15,17). The average molecular weight is 258 g/mol. The summed E-state index contributed by atoms with van der Waals surface area (Å²) >= 11 is 0. The van der Waals surface area contributed by atoms with Crippen molar-refractivity contribution in [1.29, 1.82) is 0 Å². The topological polar surface area (TPSA) is 80.5 Å². The molecule has 1 aliphatic heterocycles. The average Bonchev–Trinajstić information content (AvgIpc) is 2.50. The zero-order valence-electron chi connectivity index (χ0n) is 10.3. The van der Waals surface area contributed by atoms with Crippen molar-refractivity contribution < 1.29 is 14.4 Å². The van der Waals surface area contributed by atoms with Crippen LogP contribution in [0.1, 0.15) is 12.0 Å². The van der Waals surface area contributed by atoms with Crippen LogP contribution < -0.4 is 5.73 Å². The molecule has 0 aromatic heterocycles. The maximum absolute atomic E-state index is 12.2.